The molecule has 4 N–H and O–H groups in total. The molecule has 0 aliphatic carbocycles. The maximum atomic E-state index is 13.0. The minimum atomic E-state index is -0.586. The zero-order valence-corrected chi connectivity index (χ0v) is 41.6. The number of fused-ring (bicyclic) bond motifs is 2. The second kappa shape index (κ2) is 22.5. The molecule has 4 saturated heterocycles. The molecule has 0 bridgehead atoms. The van der Waals surface area contributed by atoms with E-state index >= 15 is 0 Å². The molecule has 0 radical (unpaired) electrons. The number of nitrogens with zero attached hydrogens (tertiary/aromatic N) is 4. The summed E-state index contributed by atoms with van der Waals surface area (Å²) < 4.78 is 0. The lowest BCUT2D eigenvalue weighted by Gasteiger charge is -2.40. The number of imide groups is 2. The van der Waals surface area contributed by atoms with Crippen LogP contribution in [0, 0.1) is 0 Å². The highest BCUT2D eigenvalue weighted by Crippen LogP contribution is 2.32. The Bertz CT molecular complexity index is 2830. The van der Waals surface area contributed by atoms with Crippen LogP contribution >= 0.6 is 0 Å². The molecule has 6 heterocycles. The van der Waals surface area contributed by atoms with Gasteiger partial charge in [-0.3, -0.25) is 49.2 Å². The van der Waals surface area contributed by atoms with Gasteiger partial charge in [-0.2, -0.15) is 0 Å². The van der Waals surface area contributed by atoms with Crippen LogP contribution in [0.15, 0.2) is 127 Å². The first-order valence-electron chi connectivity index (χ1n) is 26.1. The van der Waals surface area contributed by atoms with Gasteiger partial charge in [-0.1, -0.05) is 115 Å². The molecule has 14 heteroatoms. The zero-order valence-electron chi connectivity index (χ0n) is 41.6. The van der Waals surface area contributed by atoms with Gasteiger partial charge in [-0.05, 0) is 103 Å². The van der Waals surface area contributed by atoms with Crippen molar-refractivity contribution >= 4 is 35.4 Å². The van der Waals surface area contributed by atoms with Gasteiger partial charge >= 0.3 is 0 Å². The molecule has 4 fully saturated rings. The highest BCUT2D eigenvalue weighted by Gasteiger charge is 2.41. The zero-order chi connectivity index (χ0) is 50.4. The molecular weight excluding hydrogens is 917 g/mol. The number of nitrogens with one attached hydrogen (secondary N) is 4. The van der Waals surface area contributed by atoms with Gasteiger partial charge in [0.15, 0.2) is 0 Å². The maximum Gasteiger partial charge on any atom is 0.255 e. The molecule has 5 aromatic carbocycles. The fraction of sp³-hybridized carbons (Fsp3) is 0.390. The van der Waals surface area contributed by atoms with Crippen molar-refractivity contribution in [3.63, 3.8) is 0 Å². The molecule has 378 valence electrons. The second-order valence-electron chi connectivity index (χ2n) is 20.7. The molecule has 0 saturated carbocycles. The van der Waals surface area contributed by atoms with Gasteiger partial charge < -0.3 is 20.4 Å². The molecule has 6 aliphatic rings. The highest BCUT2D eigenvalue weighted by molar-refractivity contribution is 6.06. The first-order valence-corrected chi connectivity index (χ1v) is 26.1. The Balaban J connectivity index is 0.000000169. The van der Waals surface area contributed by atoms with Gasteiger partial charge in [0.25, 0.3) is 11.8 Å². The van der Waals surface area contributed by atoms with Crippen molar-refractivity contribution < 1.29 is 28.8 Å². The van der Waals surface area contributed by atoms with Crippen LogP contribution in [0.5, 0.6) is 0 Å². The summed E-state index contributed by atoms with van der Waals surface area (Å²) >= 11 is 0. The molecule has 6 aliphatic heterocycles. The van der Waals surface area contributed by atoms with E-state index < -0.39 is 12.1 Å². The Kier molecular flexibility index (Phi) is 15.3. The van der Waals surface area contributed by atoms with Crippen molar-refractivity contribution in [3.8, 4) is 0 Å². The van der Waals surface area contributed by atoms with Crippen molar-refractivity contribution in [2.75, 3.05) is 19.6 Å². The van der Waals surface area contributed by atoms with Gasteiger partial charge in [0.1, 0.15) is 12.1 Å². The summed E-state index contributed by atoms with van der Waals surface area (Å²) in [4.78, 5) is 81.9. The van der Waals surface area contributed by atoms with Crippen molar-refractivity contribution in [2.45, 2.75) is 127 Å². The first-order chi connectivity index (χ1) is 35.5. The second-order valence-corrected chi connectivity index (χ2v) is 20.7. The van der Waals surface area contributed by atoms with E-state index in [2.05, 4.69) is 141 Å². The van der Waals surface area contributed by atoms with Crippen LogP contribution in [0.25, 0.3) is 0 Å². The molecule has 6 atom stereocenters. The number of carbonyl (C=O) groups excluding carboxylic acids is 6. The smallest absolute Gasteiger partial charge is 0.255 e. The Morgan fingerprint density at radius 1 is 0.562 bits per heavy atom. The van der Waals surface area contributed by atoms with Crippen LogP contribution in [0.4, 0.5) is 0 Å². The predicted molar refractivity (Wildman–Crippen MR) is 277 cm³/mol. The van der Waals surface area contributed by atoms with Crippen molar-refractivity contribution in [1.82, 2.24) is 40.9 Å². The molecule has 73 heavy (non-hydrogen) atoms. The van der Waals surface area contributed by atoms with E-state index in [1.54, 1.807) is 9.80 Å². The molecule has 5 aromatic rings. The van der Waals surface area contributed by atoms with Gasteiger partial charge in [0.05, 0.1) is 0 Å². The Morgan fingerprint density at radius 3 is 1.63 bits per heavy atom. The van der Waals surface area contributed by atoms with Gasteiger partial charge in [-0.25, -0.2) is 0 Å². The van der Waals surface area contributed by atoms with Crippen molar-refractivity contribution in [1.29, 1.82) is 0 Å². The maximum absolute atomic E-state index is 13.0. The van der Waals surface area contributed by atoms with E-state index in [1.807, 2.05) is 24.3 Å². The number of hydrogen-bond donors (Lipinski definition) is 4. The Morgan fingerprint density at radius 2 is 1.08 bits per heavy atom. The standard InChI is InChI=1S/C32H34N4O3.C27H32N4O3/c37-30-14-13-29(31(38)34-30)36-20-26-15-23(11-12-28(26)32(36)39)17-33-27-16-25(24-9-5-2-6-10-24)19-35(21-27)18-22-7-3-1-4-8-22;1-18-23(8-5-13-30(18)16-19-6-3-2-4-7-19)28-15-20-9-10-22-21(14-20)17-31(27(22)34)24-11-12-25(32)29-26(24)33/h1-12,15,25,27,29,33H,13-14,16-21H2,(H,34,37,38);2-4,6-7,9-10,14,18,23-24,28H,5,8,11-13,15-17H2,1H3,(H,29,32,33)/t;18-,23-,24?/m.1/s1. The Labute approximate surface area is 427 Å². The van der Waals surface area contributed by atoms with Crippen LogP contribution in [0.3, 0.4) is 0 Å². The molecular formula is C59H66N8O6. The van der Waals surface area contributed by atoms with Crippen LogP contribution in [-0.4, -0.2) is 105 Å². The van der Waals surface area contributed by atoms with Crippen LogP contribution in [0.1, 0.15) is 117 Å². The van der Waals surface area contributed by atoms with E-state index in [4.69, 9.17) is 0 Å². The molecule has 4 unspecified atom stereocenters. The molecule has 0 spiro atoms. The number of rotatable bonds is 13. The summed E-state index contributed by atoms with van der Waals surface area (Å²) in [6.07, 6.45) is 4.70. The predicted octanol–water partition coefficient (Wildman–Crippen LogP) is 6.19. The van der Waals surface area contributed by atoms with E-state index in [9.17, 15) is 28.8 Å². The number of likely N-dealkylation sites (tertiary alicyclic amines) is 2. The van der Waals surface area contributed by atoms with Crippen molar-refractivity contribution in [3.05, 3.63) is 177 Å². The number of hydrogen-bond acceptors (Lipinski definition) is 10. The van der Waals surface area contributed by atoms with Gasteiger partial charge in [-0.15, -0.1) is 0 Å². The molecule has 14 nitrogen and oxygen atoms in total. The van der Waals surface area contributed by atoms with Crippen LogP contribution in [0.2, 0.25) is 0 Å². The quantitative estimate of drug-likeness (QED) is 0.100. The molecule has 6 amide bonds. The molecule has 11 rings (SSSR count). The fourth-order valence-electron chi connectivity index (χ4n) is 11.8. The van der Waals surface area contributed by atoms with Gasteiger partial charge in [0, 0.05) is 94.5 Å². The Hall–Kier alpha value is -6.84. The third-order valence-electron chi connectivity index (χ3n) is 15.7. The monoisotopic (exact) mass is 983 g/mol. The average molecular weight is 983 g/mol. The highest BCUT2D eigenvalue weighted by atomic mass is 16.2. The summed E-state index contributed by atoms with van der Waals surface area (Å²) in [5.41, 5.74) is 9.54. The first kappa shape index (κ1) is 49.7. The average Bonchev–Trinajstić information content (AvgIpc) is 3.90. The van der Waals surface area contributed by atoms with Gasteiger partial charge in [0.2, 0.25) is 23.6 Å². The van der Waals surface area contributed by atoms with E-state index in [-0.39, 0.29) is 48.3 Å². The third-order valence-corrected chi connectivity index (χ3v) is 15.7. The minimum absolute atomic E-state index is 0.124. The summed E-state index contributed by atoms with van der Waals surface area (Å²) in [5.74, 6) is -1.08. The number of piperidine rings is 4. The van der Waals surface area contributed by atoms with E-state index in [1.165, 1.54) is 23.1 Å². The summed E-state index contributed by atoms with van der Waals surface area (Å²) in [6, 6.07) is 44.0. The van der Waals surface area contributed by atoms with Crippen LogP contribution < -0.4 is 21.3 Å². The molecule has 0 aromatic heterocycles. The SMILES string of the molecule is C[C@@H]1[C@H](NCc2ccc3c(c2)CN(C2CCC(=O)NC2=O)C3=O)CCCN1Cc1ccccc1.O=C1CCC(N2Cc3cc(CNC4CC(c5ccccc5)CN(Cc5ccccc5)C4)ccc3C2=O)C(=O)N1. The van der Waals surface area contributed by atoms with Crippen LogP contribution in [-0.2, 0) is 58.4 Å². The minimum Gasteiger partial charge on any atom is -0.322 e. The third kappa shape index (κ3) is 11.7. The number of amides is 6. The lowest BCUT2D eigenvalue weighted by molar-refractivity contribution is -0.138. The fourth-order valence-corrected chi connectivity index (χ4v) is 11.8. The summed E-state index contributed by atoms with van der Waals surface area (Å²) in [7, 11) is 0. The lowest BCUT2D eigenvalue weighted by Crippen LogP contribution is -2.52. The number of benzene rings is 5. The largest absolute Gasteiger partial charge is 0.322 e. The topological polar surface area (TPSA) is 163 Å². The van der Waals surface area contributed by atoms with E-state index in [0.717, 1.165) is 74.4 Å². The summed E-state index contributed by atoms with van der Waals surface area (Å²) in [6.45, 7) is 9.61. The number of carbonyl (C=O) groups is 6. The van der Waals surface area contributed by atoms with E-state index in [0.29, 0.717) is 67.6 Å². The summed E-state index contributed by atoms with van der Waals surface area (Å²) in [5, 5.41) is 12.3. The normalized spacial score (nSPS) is 24.4. The lowest BCUT2D eigenvalue weighted by atomic mass is 9.87. The van der Waals surface area contributed by atoms with Crippen molar-refractivity contribution in [2.24, 2.45) is 0 Å².